The van der Waals surface area contributed by atoms with E-state index < -0.39 is 0 Å². The van der Waals surface area contributed by atoms with Crippen LogP contribution in [0.25, 0.3) is 0 Å². The lowest BCUT2D eigenvalue weighted by atomic mass is 10.2. The van der Waals surface area contributed by atoms with E-state index in [1.54, 1.807) is 22.4 Å². The fourth-order valence-electron chi connectivity index (χ4n) is 2.41. The first-order valence-electron chi connectivity index (χ1n) is 7.49. The standard InChI is InChI=1S/C15H19N5O2S/c16-3-1-6-20(7-2-4-17)14(21)12-19-8-9-22-13(11-19)15-18-5-10-23-15/h5,10,13H,1-2,6-9,11-12H2. The molecule has 2 rings (SSSR count). The maximum absolute atomic E-state index is 12.4. The summed E-state index contributed by atoms with van der Waals surface area (Å²) in [7, 11) is 0. The SMILES string of the molecule is N#CCCN(CCC#N)C(=O)CN1CCOC(c2nccs2)C1. The lowest BCUT2D eigenvalue weighted by Crippen LogP contribution is -2.46. The van der Waals surface area contributed by atoms with Crippen molar-refractivity contribution in [1.82, 2.24) is 14.8 Å². The molecular formula is C15H19N5O2S. The zero-order valence-corrected chi connectivity index (χ0v) is 13.7. The third-order valence-electron chi connectivity index (χ3n) is 3.58. The Bertz CT molecular complexity index is 560. The summed E-state index contributed by atoms with van der Waals surface area (Å²) in [5, 5.41) is 20.2. The molecule has 8 heteroatoms. The Morgan fingerprint density at radius 1 is 1.43 bits per heavy atom. The Labute approximate surface area is 139 Å². The van der Waals surface area contributed by atoms with E-state index in [1.807, 2.05) is 22.4 Å². The summed E-state index contributed by atoms with van der Waals surface area (Å²) in [5.41, 5.74) is 0. The summed E-state index contributed by atoms with van der Waals surface area (Å²) in [6, 6.07) is 4.08. The van der Waals surface area contributed by atoms with Gasteiger partial charge in [0, 0.05) is 37.8 Å². The fraction of sp³-hybridized carbons (Fsp3) is 0.600. The predicted octanol–water partition coefficient (Wildman–Crippen LogP) is 1.17. The van der Waals surface area contributed by atoms with Crippen LogP contribution in [0.2, 0.25) is 0 Å². The van der Waals surface area contributed by atoms with Crippen LogP contribution in [0.1, 0.15) is 24.0 Å². The van der Waals surface area contributed by atoms with Gasteiger partial charge in [-0.15, -0.1) is 11.3 Å². The van der Waals surface area contributed by atoms with Crippen molar-refractivity contribution in [1.29, 1.82) is 10.5 Å². The Morgan fingerprint density at radius 3 is 2.78 bits per heavy atom. The normalized spacial score (nSPS) is 18.1. The van der Waals surface area contributed by atoms with E-state index in [-0.39, 0.29) is 31.4 Å². The van der Waals surface area contributed by atoms with Crippen molar-refractivity contribution in [2.75, 3.05) is 39.3 Å². The monoisotopic (exact) mass is 333 g/mol. The highest BCUT2D eigenvalue weighted by molar-refractivity contribution is 7.09. The number of hydrogen-bond acceptors (Lipinski definition) is 7. The molecule has 1 aromatic heterocycles. The molecule has 7 nitrogen and oxygen atoms in total. The number of ether oxygens (including phenoxy) is 1. The molecule has 0 aromatic carbocycles. The lowest BCUT2D eigenvalue weighted by molar-refractivity contribution is -0.134. The van der Waals surface area contributed by atoms with Crippen LogP contribution < -0.4 is 0 Å². The van der Waals surface area contributed by atoms with Gasteiger partial charge in [0.05, 0.1) is 38.1 Å². The van der Waals surface area contributed by atoms with Gasteiger partial charge in [0.15, 0.2) is 0 Å². The molecule has 1 fully saturated rings. The van der Waals surface area contributed by atoms with Gasteiger partial charge in [0.1, 0.15) is 11.1 Å². The number of nitrogens with zero attached hydrogens (tertiary/aromatic N) is 5. The van der Waals surface area contributed by atoms with Gasteiger partial charge in [-0.05, 0) is 0 Å². The molecule has 0 bridgehead atoms. The molecule has 1 saturated heterocycles. The smallest absolute Gasteiger partial charge is 0.236 e. The van der Waals surface area contributed by atoms with E-state index >= 15 is 0 Å². The summed E-state index contributed by atoms with van der Waals surface area (Å²) in [5.74, 6) is -0.0460. The first-order valence-corrected chi connectivity index (χ1v) is 8.37. The zero-order valence-electron chi connectivity index (χ0n) is 12.8. The second-order valence-corrected chi connectivity index (χ2v) is 6.09. The summed E-state index contributed by atoms with van der Waals surface area (Å²) in [6.07, 6.45) is 2.21. The van der Waals surface area contributed by atoms with Crippen molar-refractivity contribution >= 4 is 17.2 Å². The minimum Gasteiger partial charge on any atom is -0.368 e. The van der Waals surface area contributed by atoms with Gasteiger partial charge in [-0.25, -0.2) is 4.98 Å². The molecule has 122 valence electrons. The highest BCUT2D eigenvalue weighted by atomic mass is 32.1. The number of hydrogen-bond donors (Lipinski definition) is 0. The number of carbonyl (C=O) groups excluding carboxylic acids is 1. The molecule has 0 saturated carbocycles. The maximum atomic E-state index is 12.4. The van der Waals surface area contributed by atoms with Gasteiger partial charge in [0.25, 0.3) is 0 Å². The average molecular weight is 333 g/mol. The van der Waals surface area contributed by atoms with Crippen LogP contribution in [-0.2, 0) is 9.53 Å². The van der Waals surface area contributed by atoms with Crippen LogP contribution in [0.3, 0.4) is 0 Å². The summed E-state index contributed by atoms with van der Waals surface area (Å²) in [4.78, 5) is 20.3. The van der Waals surface area contributed by atoms with Crippen molar-refractivity contribution in [3.63, 3.8) is 0 Å². The topological polar surface area (TPSA) is 93.2 Å². The number of amides is 1. The minimum atomic E-state index is -0.0942. The number of rotatable bonds is 7. The molecule has 1 aliphatic heterocycles. The van der Waals surface area contributed by atoms with Gasteiger partial charge in [-0.3, -0.25) is 9.69 Å². The van der Waals surface area contributed by atoms with E-state index in [9.17, 15) is 4.79 Å². The molecule has 1 amide bonds. The van der Waals surface area contributed by atoms with Crippen LogP contribution in [0.5, 0.6) is 0 Å². The molecule has 0 N–H and O–H groups in total. The molecule has 2 heterocycles. The Morgan fingerprint density at radius 2 is 2.17 bits per heavy atom. The van der Waals surface area contributed by atoms with E-state index in [0.29, 0.717) is 32.8 Å². The van der Waals surface area contributed by atoms with Crippen LogP contribution in [0.4, 0.5) is 0 Å². The molecule has 0 radical (unpaired) electrons. The van der Waals surface area contributed by atoms with Crippen molar-refractivity contribution in [3.05, 3.63) is 16.6 Å². The van der Waals surface area contributed by atoms with Crippen molar-refractivity contribution < 1.29 is 9.53 Å². The second kappa shape index (κ2) is 9.21. The molecular weight excluding hydrogens is 314 g/mol. The predicted molar refractivity (Wildman–Crippen MR) is 84.3 cm³/mol. The zero-order chi connectivity index (χ0) is 16.5. The van der Waals surface area contributed by atoms with Crippen molar-refractivity contribution in [2.24, 2.45) is 0 Å². The highest BCUT2D eigenvalue weighted by Gasteiger charge is 2.26. The summed E-state index contributed by atoms with van der Waals surface area (Å²) in [6.45, 7) is 2.91. The largest absolute Gasteiger partial charge is 0.368 e. The Balaban J connectivity index is 1.89. The minimum absolute atomic E-state index is 0.0460. The van der Waals surface area contributed by atoms with E-state index in [2.05, 4.69) is 4.98 Å². The molecule has 0 spiro atoms. The third kappa shape index (κ3) is 5.29. The van der Waals surface area contributed by atoms with E-state index in [1.165, 1.54) is 0 Å². The third-order valence-corrected chi connectivity index (χ3v) is 4.44. The molecule has 1 unspecified atom stereocenters. The average Bonchev–Trinajstić information content (AvgIpc) is 3.09. The Kier molecular flexibility index (Phi) is 6.95. The van der Waals surface area contributed by atoms with E-state index in [4.69, 9.17) is 15.3 Å². The second-order valence-electron chi connectivity index (χ2n) is 5.16. The fourth-order valence-corrected chi connectivity index (χ4v) is 3.09. The molecule has 1 aromatic rings. The van der Waals surface area contributed by atoms with Crippen molar-refractivity contribution in [3.8, 4) is 12.1 Å². The quantitative estimate of drug-likeness (QED) is 0.743. The first kappa shape index (κ1) is 17.4. The lowest BCUT2D eigenvalue weighted by Gasteiger charge is -2.33. The van der Waals surface area contributed by atoms with Gasteiger partial charge in [-0.1, -0.05) is 0 Å². The van der Waals surface area contributed by atoms with Gasteiger partial charge in [-0.2, -0.15) is 10.5 Å². The number of morpholine rings is 1. The number of nitriles is 2. The molecule has 1 atom stereocenters. The Hall–Kier alpha value is -2.00. The summed E-state index contributed by atoms with van der Waals surface area (Å²) < 4.78 is 5.72. The van der Waals surface area contributed by atoms with Crippen LogP contribution in [-0.4, -0.2) is 60.0 Å². The first-order chi connectivity index (χ1) is 11.2. The van der Waals surface area contributed by atoms with Gasteiger partial charge in [0.2, 0.25) is 5.91 Å². The van der Waals surface area contributed by atoms with Crippen LogP contribution >= 0.6 is 11.3 Å². The van der Waals surface area contributed by atoms with Crippen LogP contribution in [0.15, 0.2) is 11.6 Å². The van der Waals surface area contributed by atoms with Gasteiger partial charge >= 0.3 is 0 Å². The highest BCUT2D eigenvalue weighted by Crippen LogP contribution is 2.23. The number of thiazole rings is 1. The number of carbonyl (C=O) groups is 1. The maximum Gasteiger partial charge on any atom is 0.236 e. The molecule has 23 heavy (non-hydrogen) atoms. The van der Waals surface area contributed by atoms with Crippen molar-refractivity contribution in [2.45, 2.75) is 18.9 Å². The van der Waals surface area contributed by atoms with E-state index in [0.717, 1.165) is 5.01 Å². The number of aromatic nitrogens is 1. The summed E-state index contributed by atoms with van der Waals surface area (Å²) >= 11 is 1.55. The molecule has 1 aliphatic rings. The van der Waals surface area contributed by atoms with Crippen LogP contribution in [0, 0.1) is 22.7 Å². The van der Waals surface area contributed by atoms with Gasteiger partial charge < -0.3 is 9.64 Å². The molecule has 0 aliphatic carbocycles.